The minimum absolute atomic E-state index is 0.0731. The van der Waals surface area contributed by atoms with E-state index < -0.39 is 6.09 Å². The van der Waals surface area contributed by atoms with Crippen molar-refractivity contribution in [1.29, 1.82) is 0 Å². The summed E-state index contributed by atoms with van der Waals surface area (Å²) in [5.41, 5.74) is 2.12. The predicted molar refractivity (Wildman–Crippen MR) is 90.6 cm³/mol. The maximum atomic E-state index is 10.9. The molecule has 1 fully saturated rings. The first-order valence-electron chi connectivity index (χ1n) is 7.47. The van der Waals surface area contributed by atoms with Gasteiger partial charge in [0, 0.05) is 48.4 Å². The number of amides is 1. The largest absolute Gasteiger partial charge is 0.490 e. The Hall–Kier alpha value is -2.08. The summed E-state index contributed by atoms with van der Waals surface area (Å²) in [5, 5.41) is 8.95. The molecule has 1 aliphatic rings. The SMILES string of the molecule is O=C(O)N1CCC(Oc2ccc(-c3cncc(Br)c3)cc2)CC1. The molecule has 1 aromatic heterocycles. The van der Waals surface area contributed by atoms with E-state index in [9.17, 15) is 4.79 Å². The highest BCUT2D eigenvalue weighted by atomic mass is 79.9. The number of benzene rings is 1. The lowest BCUT2D eigenvalue weighted by atomic mass is 10.1. The number of carboxylic acid groups (broad SMARTS) is 1. The molecule has 23 heavy (non-hydrogen) atoms. The van der Waals surface area contributed by atoms with Crippen LogP contribution >= 0.6 is 15.9 Å². The number of halogens is 1. The van der Waals surface area contributed by atoms with Gasteiger partial charge in [-0.1, -0.05) is 12.1 Å². The fourth-order valence-electron chi connectivity index (χ4n) is 2.65. The number of hydrogen-bond acceptors (Lipinski definition) is 3. The van der Waals surface area contributed by atoms with Crippen molar-refractivity contribution >= 4 is 22.0 Å². The second-order valence-electron chi connectivity index (χ2n) is 5.50. The zero-order chi connectivity index (χ0) is 16.2. The van der Waals surface area contributed by atoms with Gasteiger partial charge >= 0.3 is 6.09 Å². The molecule has 1 aliphatic heterocycles. The van der Waals surface area contributed by atoms with Gasteiger partial charge in [0.2, 0.25) is 0 Å². The summed E-state index contributed by atoms with van der Waals surface area (Å²) in [6.45, 7) is 1.06. The van der Waals surface area contributed by atoms with Gasteiger partial charge in [0.1, 0.15) is 11.9 Å². The fraction of sp³-hybridized carbons (Fsp3) is 0.294. The van der Waals surface area contributed by atoms with Gasteiger partial charge in [-0.05, 0) is 39.7 Å². The molecule has 2 aromatic rings. The standard InChI is InChI=1S/C17H17BrN2O3/c18-14-9-13(10-19-11-14)12-1-3-15(4-2-12)23-16-5-7-20(8-6-16)17(21)22/h1-4,9-11,16H,5-8H2,(H,21,22). The maximum absolute atomic E-state index is 10.9. The maximum Gasteiger partial charge on any atom is 0.407 e. The Morgan fingerprint density at radius 1 is 1.17 bits per heavy atom. The Labute approximate surface area is 143 Å². The summed E-state index contributed by atoms with van der Waals surface area (Å²) in [6.07, 6.45) is 4.25. The van der Waals surface area contributed by atoms with Crippen LogP contribution in [0.2, 0.25) is 0 Å². The molecule has 0 unspecified atom stereocenters. The Kier molecular flexibility index (Phi) is 4.81. The summed E-state index contributed by atoms with van der Waals surface area (Å²) < 4.78 is 6.90. The van der Waals surface area contributed by atoms with Crippen LogP contribution in [0.15, 0.2) is 47.2 Å². The highest BCUT2D eigenvalue weighted by Crippen LogP contribution is 2.25. The van der Waals surface area contributed by atoms with Crippen LogP contribution in [0.4, 0.5) is 4.79 Å². The molecule has 0 spiro atoms. The number of rotatable bonds is 3. The lowest BCUT2D eigenvalue weighted by Crippen LogP contribution is -2.41. The lowest BCUT2D eigenvalue weighted by molar-refractivity contribution is 0.0895. The zero-order valence-corrected chi connectivity index (χ0v) is 14.1. The number of nitrogens with zero attached hydrogens (tertiary/aromatic N) is 2. The van der Waals surface area contributed by atoms with E-state index in [0.29, 0.717) is 13.1 Å². The average Bonchev–Trinajstić information content (AvgIpc) is 2.56. The average molecular weight is 377 g/mol. The third kappa shape index (κ3) is 4.01. The molecule has 0 bridgehead atoms. The molecule has 1 N–H and O–H groups in total. The van der Waals surface area contributed by atoms with Crippen LogP contribution in [0.1, 0.15) is 12.8 Å². The van der Waals surface area contributed by atoms with Crippen molar-refractivity contribution in [3.05, 3.63) is 47.2 Å². The van der Waals surface area contributed by atoms with Gasteiger partial charge in [-0.2, -0.15) is 0 Å². The number of aromatic nitrogens is 1. The Bertz CT molecular complexity index is 682. The molecule has 2 heterocycles. The molecule has 6 heteroatoms. The molecule has 1 amide bonds. The van der Waals surface area contributed by atoms with Gasteiger partial charge < -0.3 is 14.7 Å². The first-order valence-corrected chi connectivity index (χ1v) is 8.26. The molecule has 3 rings (SSSR count). The monoisotopic (exact) mass is 376 g/mol. The number of ether oxygens (including phenoxy) is 1. The number of hydrogen-bond donors (Lipinski definition) is 1. The van der Waals surface area contributed by atoms with E-state index in [2.05, 4.69) is 20.9 Å². The topological polar surface area (TPSA) is 62.7 Å². The van der Waals surface area contributed by atoms with Crippen molar-refractivity contribution in [3.8, 4) is 16.9 Å². The van der Waals surface area contributed by atoms with Crippen LogP contribution in [0.25, 0.3) is 11.1 Å². The van der Waals surface area contributed by atoms with Gasteiger partial charge in [0.15, 0.2) is 0 Å². The second kappa shape index (κ2) is 7.00. The molecule has 1 aromatic carbocycles. The number of carbonyl (C=O) groups is 1. The quantitative estimate of drug-likeness (QED) is 0.877. The summed E-state index contributed by atoms with van der Waals surface area (Å²) in [7, 11) is 0. The van der Waals surface area contributed by atoms with Crippen molar-refractivity contribution in [2.75, 3.05) is 13.1 Å². The van der Waals surface area contributed by atoms with Crippen LogP contribution in [-0.4, -0.2) is 40.3 Å². The number of likely N-dealkylation sites (tertiary alicyclic amines) is 1. The van der Waals surface area contributed by atoms with Crippen molar-refractivity contribution in [1.82, 2.24) is 9.88 Å². The van der Waals surface area contributed by atoms with Gasteiger partial charge in [0.25, 0.3) is 0 Å². The van der Waals surface area contributed by atoms with Crippen molar-refractivity contribution in [2.24, 2.45) is 0 Å². The number of piperidine rings is 1. The molecule has 120 valence electrons. The Balaban J connectivity index is 1.61. The van der Waals surface area contributed by atoms with Crippen molar-refractivity contribution in [3.63, 3.8) is 0 Å². The highest BCUT2D eigenvalue weighted by Gasteiger charge is 2.23. The van der Waals surface area contributed by atoms with Gasteiger partial charge in [-0.3, -0.25) is 4.98 Å². The zero-order valence-electron chi connectivity index (χ0n) is 12.5. The molecule has 1 saturated heterocycles. The van der Waals surface area contributed by atoms with Crippen LogP contribution in [-0.2, 0) is 0 Å². The molecule has 0 atom stereocenters. The minimum atomic E-state index is -0.851. The summed E-state index contributed by atoms with van der Waals surface area (Å²) >= 11 is 3.42. The fourth-order valence-corrected chi connectivity index (χ4v) is 3.02. The van der Waals surface area contributed by atoms with Gasteiger partial charge in [-0.15, -0.1) is 0 Å². The van der Waals surface area contributed by atoms with Crippen LogP contribution in [0.5, 0.6) is 5.75 Å². The Morgan fingerprint density at radius 2 is 1.87 bits per heavy atom. The van der Waals surface area contributed by atoms with Crippen LogP contribution in [0.3, 0.4) is 0 Å². The normalized spacial score (nSPS) is 15.4. The first kappa shape index (κ1) is 15.8. The molecular weight excluding hydrogens is 360 g/mol. The second-order valence-corrected chi connectivity index (χ2v) is 6.42. The van der Waals surface area contributed by atoms with Crippen LogP contribution < -0.4 is 4.74 Å². The smallest absolute Gasteiger partial charge is 0.407 e. The predicted octanol–water partition coefficient (Wildman–Crippen LogP) is 4.03. The minimum Gasteiger partial charge on any atom is -0.490 e. The van der Waals surface area contributed by atoms with E-state index in [4.69, 9.17) is 9.84 Å². The van der Waals surface area contributed by atoms with E-state index in [1.54, 1.807) is 6.20 Å². The van der Waals surface area contributed by atoms with E-state index >= 15 is 0 Å². The summed E-state index contributed by atoms with van der Waals surface area (Å²) in [5.74, 6) is 0.811. The van der Waals surface area contributed by atoms with E-state index in [0.717, 1.165) is 34.2 Å². The van der Waals surface area contributed by atoms with Gasteiger partial charge in [0.05, 0.1) is 0 Å². The lowest BCUT2D eigenvalue weighted by Gasteiger charge is -2.30. The molecule has 0 radical (unpaired) electrons. The molecule has 0 aliphatic carbocycles. The molecule has 0 saturated carbocycles. The van der Waals surface area contributed by atoms with E-state index in [1.165, 1.54) is 4.90 Å². The highest BCUT2D eigenvalue weighted by molar-refractivity contribution is 9.10. The van der Waals surface area contributed by atoms with E-state index in [-0.39, 0.29) is 6.10 Å². The van der Waals surface area contributed by atoms with Crippen LogP contribution in [0, 0.1) is 0 Å². The van der Waals surface area contributed by atoms with Crippen molar-refractivity contribution < 1.29 is 14.6 Å². The molecule has 5 nitrogen and oxygen atoms in total. The third-order valence-electron chi connectivity index (χ3n) is 3.91. The summed E-state index contributed by atoms with van der Waals surface area (Å²) in [6, 6.07) is 9.92. The summed E-state index contributed by atoms with van der Waals surface area (Å²) in [4.78, 5) is 16.5. The molecular formula is C17H17BrN2O3. The van der Waals surface area contributed by atoms with E-state index in [1.807, 2.05) is 36.5 Å². The Morgan fingerprint density at radius 3 is 2.48 bits per heavy atom. The third-order valence-corrected chi connectivity index (χ3v) is 4.34. The van der Waals surface area contributed by atoms with Gasteiger partial charge in [-0.25, -0.2) is 4.79 Å². The number of pyridine rings is 1. The first-order chi connectivity index (χ1) is 11.1. The van der Waals surface area contributed by atoms with Crippen molar-refractivity contribution in [2.45, 2.75) is 18.9 Å².